The average Bonchev–Trinajstić information content (AvgIpc) is 3.70. The topological polar surface area (TPSA) is 43.6 Å². The second kappa shape index (κ2) is 10.6. The zero-order valence-electron chi connectivity index (χ0n) is 29.8. The fraction of sp³-hybridized carbons (Fsp3) is 0.0600. The maximum atomic E-state index is 5.61. The zero-order chi connectivity index (χ0) is 35.7. The van der Waals surface area contributed by atoms with Gasteiger partial charge < -0.3 is 0 Å². The molecular weight excluding hydrogens is 657 g/mol. The van der Waals surface area contributed by atoms with Crippen LogP contribution in [0.3, 0.4) is 0 Å². The van der Waals surface area contributed by atoms with Gasteiger partial charge in [-0.05, 0) is 72.8 Å². The highest BCUT2D eigenvalue weighted by molar-refractivity contribution is 6.34. The monoisotopic (exact) mass is 688 g/mol. The first-order valence-corrected chi connectivity index (χ1v) is 18.6. The molecule has 0 N–H and O–H groups in total. The number of rotatable bonds is 2. The van der Waals surface area contributed by atoms with Crippen LogP contribution in [0.25, 0.3) is 104 Å². The number of pyridine rings is 1. The molecule has 0 saturated carbocycles. The van der Waals surface area contributed by atoms with Gasteiger partial charge in [0.05, 0.1) is 22.2 Å². The van der Waals surface area contributed by atoms with Crippen LogP contribution in [-0.2, 0) is 5.41 Å². The Kier molecular flexibility index (Phi) is 5.81. The molecule has 4 heteroatoms. The van der Waals surface area contributed by atoms with Crippen LogP contribution in [0.5, 0.6) is 0 Å². The third-order valence-electron chi connectivity index (χ3n) is 12.0. The molecule has 54 heavy (non-hydrogen) atoms. The summed E-state index contributed by atoms with van der Waals surface area (Å²) in [6.45, 7) is 4.77. The van der Waals surface area contributed by atoms with E-state index in [1.165, 1.54) is 65.3 Å². The molecule has 0 saturated heterocycles. The number of nitrogens with zero attached hydrogens (tertiary/aromatic N) is 4. The van der Waals surface area contributed by atoms with E-state index in [-0.39, 0.29) is 5.41 Å². The van der Waals surface area contributed by atoms with Crippen molar-refractivity contribution in [1.29, 1.82) is 0 Å². The van der Waals surface area contributed by atoms with Crippen LogP contribution in [0.15, 0.2) is 158 Å². The lowest BCUT2D eigenvalue weighted by atomic mass is 9.78. The Hall–Kier alpha value is -6.91. The van der Waals surface area contributed by atoms with Crippen LogP contribution in [0, 0.1) is 0 Å². The van der Waals surface area contributed by atoms with Gasteiger partial charge in [-0.15, -0.1) is 0 Å². The molecule has 3 aromatic heterocycles. The van der Waals surface area contributed by atoms with Gasteiger partial charge in [-0.2, -0.15) is 0 Å². The van der Waals surface area contributed by atoms with Crippen molar-refractivity contribution < 1.29 is 0 Å². The van der Waals surface area contributed by atoms with Gasteiger partial charge in [0, 0.05) is 50.3 Å². The lowest BCUT2D eigenvalue weighted by Gasteiger charge is -2.24. The Bertz CT molecular complexity index is 3410. The quantitative estimate of drug-likeness (QED) is 0.170. The van der Waals surface area contributed by atoms with E-state index < -0.39 is 0 Å². The molecule has 0 amide bonds. The molecule has 8 aromatic carbocycles. The summed E-state index contributed by atoms with van der Waals surface area (Å²) in [6.07, 6.45) is 3.74. The van der Waals surface area contributed by atoms with Gasteiger partial charge in [0.25, 0.3) is 0 Å². The summed E-state index contributed by atoms with van der Waals surface area (Å²) < 4.78 is 2.32. The fourth-order valence-corrected chi connectivity index (χ4v) is 9.82. The van der Waals surface area contributed by atoms with Gasteiger partial charge in [-0.1, -0.05) is 141 Å². The molecule has 0 bridgehead atoms. The van der Waals surface area contributed by atoms with Crippen LogP contribution >= 0.6 is 0 Å². The highest BCUT2D eigenvalue weighted by Crippen LogP contribution is 2.54. The smallest absolute Gasteiger partial charge is 0.235 e. The molecule has 0 aliphatic heterocycles. The fourth-order valence-electron chi connectivity index (χ4n) is 9.82. The molecule has 4 nitrogen and oxygen atoms in total. The van der Waals surface area contributed by atoms with E-state index in [4.69, 9.17) is 9.97 Å². The molecule has 1 aliphatic rings. The zero-order valence-corrected chi connectivity index (χ0v) is 29.8. The summed E-state index contributed by atoms with van der Waals surface area (Å²) in [5, 5.41) is 13.1. The molecule has 0 spiro atoms. The first-order chi connectivity index (χ1) is 26.6. The highest BCUT2D eigenvalue weighted by Gasteiger charge is 2.38. The molecule has 0 radical (unpaired) electrons. The van der Waals surface area contributed by atoms with Crippen molar-refractivity contribution >= 4 is 75.8 Å². The van der Waals surface area contributed by atoms with Crippen LogP contribution in [-0.4, -0.2) is 19.5 Å². The summed E-state index contributed by atoms with van der Waals surface area (Å²) in [5.74, 6) is 0.645. The van der Waals surface area contributed by atoms with E-state index in [1.807, 2.05) is 18.5 Å². The van der Waals surface area contributed by atoms with Crippen molar-refractivity contribution in [1.82, 2.24) is 19.5 Å². The number of hydrogen-bond acceptors (Lipinski definition) is 3. The summed E-state index contributed by atoms with van der Waals surface area (Å²) >= 11 is 0. The van der Waals surface area contributed by atoms with Crippen molar-refractivity contribution in [3.63, 3.8) is 0 Å². The number of fused-ring (bicyclic) bond motifs is 18. The van der Waals surface area contributed by atoms with E-state index in [2.05, 4.69) is 163 Å². The van der Waals surface area contributed by atoms with Gasteiger partial charge >= 0.3 is 0 Å². The standard InChI is InChI=1S/C50H32N4/c1-50(2)40-23-11-9-17-32(40)35-25-26-39-42(45(35)50)34-19-6-8-21-37(34)48-43(39)38-22-10-12-24-41(38)54(48)49-52-46(29-14-13-27-51-28-29)44-33-18-5-3-15-30(33)31-16-4-7-20-36(31)47(44)53-49/h3-28H,1-2H3. The highest BCUT2D eigenvalue weighted by atomic mass is 15.2. The number of hydrogen-bond donors (Lipinski definition) is 0. The molecular formula is C50H32N4. The molecule has 0 atom stereocenters. The van der Waals surface area contributed by atoms with E-state index in [0.29, 0.717) is 5.95 Å². The van der Waals surface area contributed by atoms with Crippen LogP contribution in [0.4, 0.5) is 0 Å². The normalized spacial score (nSPS) is 13.5. The predicted molar refractivity (Wildman–Crippen MR) is 225 cm³/mol. The molecule has 11 aromatic rings. The van der Waals surface area contributed by atoms with Crippen LogP contribution in [0.2, 0.25) is 0 Å². The third-order valence-corrected chi connectivity index (χ3v) is 12.0. The maximum absolute atomic E-state index is 5.61. The minimum Gasteiger partial charge on any atom is -0.277 e. The van der Waals surface area contributed by atoms with E-state index in [1.54, 1.807) is 0 Å². The number of benzene rings is 8. The summed E-state index contributed by atoms with van der Waals surface area (Å²) in [7, 11) is 0. The Balaban J connectivity index is 1.30. The van der Waals surface area contributed by atoms with Crippen LogP contribution in [0.1, 0.15) is 25.0 Å². The van der Waals surface area contributed by atoms with Crippen molar-refractivity contribution in [3.05, 3.63) is 169 Å². The van der Waals surface area contributed by atoms with Crippen molar-refractivity contribution in [2.45, 2.75) is 19.3 Å². The van der Waals surface area contributed by atoms with Gasteiger partial charge in [-0.25, -0.2) is 9.97 Å². The second-order valence-corrected chi connectivity index (χ2v) is 15.1. The second-order valence-electron chi connectivity index (χ2n) is 15.1. The van der Waals surface area contributed by atoms with Crippen molar-refractivity contribution in [2.24, 2.45) is 0 Å². The molecule has 0 fully saturated rings. The first-order valence-electron chi connectivity index (χ1n) is 18.6. The maximum Gasteiger partial charge on any atom is 0.235 e. The van der Waals surface area contributed by atoms with Gasteiger partial charge in [-0.3, -0.25) is 9.55 Å². The molecule has 12 rings (SSSR count). The van der Waals surface area contributed by atoms with E-state index in [0.717, 1.165) is 44.0 Å². The molecule has 0 unspecified atom stereocenters. The minimum absolute atomic E-state index is 0.163. The van der Waals surface area contributed by atoms with Gasteiger partial charge in [0.15, 0.2) is 0 Å². The third kappa shape index (κ3) is 3.74. The van der Waals surface area contributed by atoms with Gasteiger partial charge in [0.2, 0.25) is 5.95 Å². The summed E-state index contributed by atoms with van der Waals surface area (Å²) in [4.78, 5) is 15.8. The number of para-hydroxylation sites is 1. The lowest BCUT2D eigenvalue weighted by Crippen LogP contribution is -2.15. The van der Waals surface area contributed by atoms with E-state index >= 15 is 0 Å². The Labute approximate surface area is 311 Å². The lowest BCUT2D eigenvalue weighted by molar-refractivity contribution is 0.666. The molecule has 1 aliphatic carbocycles. The number of aromatic nitrogens is 4. The van der Waals surface area contributed by atoms with Crippen LogP contribution < -0.4 is 0 Å². The Morgan fingerprint density at radius 2 is 1.13 bits per heavy atom. The van der Waals surface area contributed by atoms with Crippen molar-refractivity contribution in [3.8, 4) is 28.3 Å². The Morgan fingerprint density at radius 3 is 1.91 bits per heavy atom. The summed E-state index contributed by atoms with van der Waals surface area (Å²) in [5.41, 5.74) is 10.2. The van der Waals surface area contributed by atoms with Gasteiger partial charge in [0.1, 0.15) is 0 Å². The SMILES string of the molecule is CC1(C)c2ccccc2-c2ccc3c(c21)c1ccccc1c1c3c2ccccc2n1-c1nc(-c2cccnc2)c2c3ccccc3c3ccccc3c2n1. The van der Waals surface area contributed by atoms with Crippen molar-refractivity contribution in [2.75, 3.05) is 0 Å². The summed E-state index contributed by atoms with van der Waals surface area (Å²) in [6, 6.07) is 52.7. The largest absolute Gasteiger partial charge is 0.277 e. The minimum atomic E-state index is -0.163. The predicted octanol–water partition coefficient (Wildman–Crippen LogP) is 12.7. The average molecular weight is 689 g/mol. The molecule has 252 valence electrons. The molecule has 3 heterocycles. The Morgan fingerprint density at radius 1 is 0.481 bits per heavy atom. The van der Waals surface area contributed by atoms with E-state index in [9.17, 15) is 0 Å². The first kappa shape index (κ1) is 29.6.